The lowest BCUT2D eigenvalue weighted by atomic mass is 10.2. The number of hydrogen-bond donors (Lipinski definition) is 0. The number of nitrogens with zero attached hydrogens (tertiary/aromatic N) is 2. The summed E-state index contributed by atoms with van der Waals surface area (Å²) >= 11 is 5.95. The number of methoxy groups -OCH3 is 1. The van der Waals surface area contributed by atoms with Crippen LogP contribution in [0.25, 0.3) is 11.4 Å². The minimum absolute atomic E-state index is 0.193. The second-order valence-electron chi connectivity index (χ2n) is 4.05. The Bertz CT molecular complexity index is 632. The Balaban J connectivity index is 2.26. The normalized spacial score (nSPS) is 10.2. The summed E-state index contributed by atoms with van der Waals surface area (Å²) in [6.07, 6.45) is 0. The minimum atomic E-state index is -0.467. The summed E-state index contributed by atoms with van der Waals surface area (Å²) in [4.78, 5) is 19.6. The Kier molecular flexibility index (Phi) is 4.53. The van der Waals surface area contributed by atoms with Crippen LogP contribution in [0.2, 0.25) is 5.02 Å². The van der Waals surface area contributed by atoms with Crippen molar-refractivity contribution in [3.8, 4) is 17.3 Å². The zero-order valence-electron chi connectivity index (χ0n) is 11.1. The summed E-state index contributed by atoms with van der Waals surface area (Å²) < 4.78 is 9.78. The SMILES string of the molecule is COC(=O)COc1cc(C)nc(-c2cccc(Cl)c2)n1. The first-order valence-corrected chi connectivity index (χ1v) is 6.27. The zero-order valence-corrected chi connectivity index (χ0v) is 11.8. The third-order valence-corrected chi connectivity index (χ3v) is 2.71. The number of aryl methyl sites for hydroxylation is 1. The van der Waals surface area contributed by atoms with Crippen LogP contribution in [0.1, 0.15) is 5.69 Å². The van der Waals surface area contributed by atoms with E-state index >= 15 is 0 Å². The number of halogens is 1. The largest absolute Gasteiger partial charge is 0.466 e. The first kappa shape index (κ1) is 14.3. The molecule has 104 valence electrons. The van der Waals surface area contributed by atoms with Crippen LogP contribution in [-0.4, -0.2) is 29.7 Å². The average Bonchev–Trinajstić information content (AvgIpc) is 2.44. The van der Waals surface area contributed by atoms with Crippen molar-refractivity contribution in [2.45, 2.75) is 6.92 Å². The fourth-order valence-electron chi connectivity index (χ4n) is 1.56. The van der Waals surface area contributed by atoms with Crippen molar-refractivity contribution in [3.63, 3.8) is 0 Å². The molecule has 1 aromatic carbocycles. The molecule has 0 fully saturated rings. The molecule has 1 aromatic heterocycles. The lowest BCUT2D eigenvalue weighted by molar-refractivity contribution is -0.143. The number of ether oxygens (including phenoxy) is 2. The number of hydrogen-bond acceptors (Lipinski definition) is 5. The Hall–Kier alpha value is -2.14. The molecule has 0 saturated carbocycles. The molecule has 0 unspecified atom stereocenters. The molecule has 1 heterocycles. The van der Waals surface area contributed by atoms with Crippen molar-refractivity contribution < 1.29 is 14.3 Å². The molecule has 0 saturated heterocycles. The molecule has 0 aliphatic rings. The molecule has 0 spiro atoms. The quantitative estimate of drug-likeness (QED) is 0.811. The van der Waals surface area contributed by atoms with Crippen LogP contribution < -0.4 is 4.74 Å². The van der Waals surface area contributed by atoms with Gasteiger partial charge in [-0.3, -0.25) is 0 Å². The third-order valence-electron chi connectivity index (χ3n) is 2.48. The number of carbonyl (C=O) groups excluding carboxylic acids is 1. The summed E-state index contributed by atoms with van der Waals surface area (Å²) in [7, 11) is 1.30. The van der Waals surface area contributed by atoms with Gasteiger partial charge in [-0.25, -0.2) is 9.78 Å². The Labute approximate surface area is 121 Å². The van der Waals surface area contributed by atoms with Crippen molar-refractivity contribution in [2.75, 3.05) is 13.7 Å². The Morgan fingerprint density at radius 2 is 2.10 bits per heavy atom. The summed E-state index contributed by atoms with van der Waals surface area (Å²) in [5.41, 5.74) is 1.51. The Morgan fingerprint density at radius 1 is 1.30 bits per heavy atom. The van der Waals surface area contributed by atoms with Crippen LogP contribution in [-0.2, 0) is 9.53 Å². The zero-order chi connectivity index (χ0) is 14.5. The standard InChI is InChI=1S/C14H13ClN2O3/c1-9-6-12(20-8-13(18)19-2)17-14(16-9)10-4-3-5-11(15)7-10/h3-7H,8H2,1-2H3. The smallest absolute Gasteiger partial charge is 0.343 e. The lowest BCUT2D eigenvalue weighted by Gasteiger charge is -2.07. The van der Waals surface area contributed by atoms with Crippen molar-refractivity contribution in [1.82, 2.24) is 9.97 Å². The number of carbonyl (C=O) groups is 1. The number of esters is 1. The van der Waals surface area contributed by atoms with Gasteiger partial charge in [-0.15, -0.1) is 0 Å². The van der Waals surface area contributed by atoms with Gasteiger partial charge in [0.05, 0.1) is 7.11 Å². The predicted octanol–water partition coefficient (Wildman–Crippen LogP) is 2.66. The molecule has 2 rings (SSSR count). The molecule has 0 amide bonds. The molecule has 2 aromatic rings. The molecule has 0 aliphatic heterocycles. The van der Waals surface area contributed by atoms with Gasteiger partial charge in [0.2, 0.25) is 5.88 Å². The van der Waals surface area contributed by atoms with E-state index < -0.39 is 5.97 Å². The van der Waals surface area contributed by atoms with E-state index in [9.17, 15) is 4.79 Å². The third kappa shape index (κ3) is 3.68. The van der Waals surface area contributed by atoms with Crippen LogP contribution in [0, 0.1) is 6.92 Å². The molecule has 0 aliphatic carbocycles. The molecule has 0 radical (unpaired) electrons. The summed E-state index contributed by atoms with van der Waals surface area (Å²) in [5, 5.41) is 0.602. The highest BCUT2D eigenvalue weighted by Crippen LogP contribution is 2.22. The minimum Gasteiger partial charge on any atom is -0.466 e. The van der Waals surface area contributed by atoms with Gasteiger partial charge >= 0.3 is 5.97 Å². The second-order valence-corrected chi connectivity index (χ2v) is 4.48. The second kappa shape index (κ2) is 6.34. The highest BCUT2D eigenvalue weighted by atomic mass is 35.5. The van der Waals surface area contributed by atoms with Crippen LogP contribution >= 0.6 is 11.6 Å². The van der Waals surface area contributed by atoms with Gasteiger partial charge in [-0.05, 0) is 19.1 Å². The monoisotopic (exact) mass is 292 g/mol. The van der Waals surface area contributed by atoms with Crippen molar-refractivity contribution in [3.05, 3.63) is 41.0 Å². The molecular formula is C14H13ClN2O3. The first-order valence-electron chi connectivity index (χ1n) is 5.89. The van der Waals surface area contributed by atoms with Gasteiger partial charge in [0, 0.05) is 22.3 Å². The summed E-state index contributed by atoms with van der Waals surface area (Å²) in [6.45, 7) is 1.63. The topological polar surface area (TPSA) is 61.3 Å². The van der Waals surface area contributed by atoms with Gasteiger partial charge in [-0.1, -0.05) is 23.7 Å². The summed E-state index contributed by atoms with van der Waals surface area (Å²) in [6, 6.07) is 8.86. The molecular weight excluding hydrogens is 280 g/mol. The van der Waals surface area contributed by atoms with E-state index in [0.29, 0.717) is 16.7 Å². The predicted molar refractivity (Wildman–Crippen MR) is 74.7 cm³/mol. The van der Waals surface area contributed by atoms with Crippen LogP contribution in [0.3, 0.4) is 0 Å². The van der Waals surface area contributed by atoms with Gasteiger partial charge in [0.25, 0.3) is 0 Å². The average molecular weight is 293 g/mol. The fourth-order valence-corrected chi connectivity index (χ4v) is 1.75. The number of aromatic nitrogens is 2. The highest BCUT2D eigenvalue weighted by molar-refractivity contribution is 6.30. The fraction of sp³-hybridized carbons (Fsp3) is 0.214. The molecule has 5 nitrogen and oxygen atoms in total. The highest BCUT2D eigenvalue weighted by Gasteiger charge is 2.08. The van der Waals surface area contributed by atoms with Gasteiger partial charge in [0.1, 0.15) is 0 Å². The maximum Gasteiger partial charge on any atom is 0.343 e. The first-order chi connectivity index (χ1) is 9.58. The van der Waals surface area contributed by atoms with Crippen molar-refractivity contribution >= 4 is 17.6 Å². The molecule has 0 N–H and O–H groups in total. The maximum atomic E-state index is 11.1. The summed E-state index contributed by atoms with van der Waals surface area (Å²) in [5.74, 6) is 0.343. The van der Waals surface area contributed by atoms with Gasteiger partial charge in [-0.2, -0.15) is 4.98 Å². The van der Waals surface area contributed by atoms with E-state index in [-0.39, 0.29) is 6.61 Å². The van der Waals surface area contributed by atoms with E-state index in [0.717, 1.165) is 11.3 Å². The van der Waals surface area contributed by atoms with Crippen LogP contribution in [0.15, 0.2) is 30.3 Å². The van der Waals surface area contributed by atoms with E-state index in [1.54, 1.807) is 18.2 Å². The maximum absolute atomic E-state index is 11.1. The van der Waals surface area contributed by atoms with E-state index in [4.69, 9.17) is 16.3 Å². The van der Waals surface area contributed by atoms with E-state index in [2.05, 4.69) is 14.7 Å². The number of benzene rings is 1. The lowest BCUT2D eigenvalue weighted by Crippen LogP contribution is -2.13. The number of rotatable bonds is 4. The molecule has 6 heteroatoms. The van der Waals surface area contributed by atoms with Crippen molar-refractivity contribution in [1.29, 1.82) is 0 Å². The van der Waals surface area contributed by atoms with Crippen LogP contribution in [0.5, 0.6) is 5.88 Å². The van der Waals surface area contributed by atoms with Crippen molar-refractivity contribution in [2.24, 2.45) is 0 Å². The molecule has 0 atom stereocenters. The van der Waals surface area contributed by atoms with Crippen LogP contribution in [0.4, 0.5) is 0 Å². The molecule has 0 bridgehead atoms. The molecule has 20 heavy (non-hydrogen) atoms. The van der Waals surface area contributed by atoms with Gasteiger partial charge < -0.3 is 9.47 Å². The van der Waals surface area contributed by atoms with E-state index in [1.807, 2.05) is 19.1 Å². The van der Waals surface area contributed by atoms with E-state index in [1.165, 1.54) is 7.11 Å². The van der Waals surface area contributed by atoms with Gasteiger partial charge in [0.15, 0.2) is 12.4 Å². The Morgan fingerprint density at radius 3 is 2.80 bits per heavy atom.